The summed E-state index contributed by atoms with van der Waals surface area (Å²) < 4.78 is 2.36. The normalized spacial score (nSPS) is 11.3. The van der Waals surface area contributed by atoms with Gasteiger partial charge in [0.15, 0.2) is 17.5 Å². The first-order valence-electron chi connectivity index (χ1n) is 22.7. The number of fused-ring (bicyclic) bond motifs is 3. The van der Waals surface area contributed by atoms with Gasteiger partial charge in [-0.1, -0.05) is 212 Å². The van der Waals surface area contributed by atoms with E-state index >= 15 is 0 Å². The van der Waals surface area contributed by atoms with Crippen molar-refractivity contribution in [2.75, 3.05) is 0 Å². The fraction of sp³-hybridized carbons (Fsp3) is 0. The maximum Gasteiger partial charge on any atom is 0.164 e. The van der Waals surface area contributed by atoms with Gasteiger partial charge in [-0.3, -0.25) is 0 Å². The Kier molecular flexibility index (Phi) is 10.2. The number of hydrogen-bond donors (Lipinski definition) is 0. The Morgan fingerprint density at radius 3 is 1.21 bits per heavy atom. The highest BCUT2D eigenvalue weighted by atomic mass is 15.0. The third-order valence-electron chi connectivity index (χ3n) is 12.7. The van der Waals surface area contributed by atoms with Crippen LogP contribution in [0.1, 0.15) is 0 Å². The summed E-state index contributed by atoms with van der Waals surface area (Å²) in [5.41, 5.74) is 17.5. The first-order chi connectivity index (χ1) is 33.2. The van der Waals surface area contributed by atoms with Crippen LogP contribution in [0.3, 0.4) is 0 Å². The van der Waals surface area contributed by atoms with Crippen LogP contribution in [0.2, 0.25) is 0 Å². The highest BCUT2D eigenvalue weighted by Gasteiger charge is 2.18. The van der Waals surface area contributed by atoms with Crippen molar-refractivity contribution in [3.05, 3.63) is 255 Å². The fourth-order valence-electron chi connectivity index (χ4n) is 9.37. The summed E-state index contributed by atoms with van der Waals surface area (Å²) >= 11 is 0. The van der Waals surface area contributed by atoms with Crippen LogP contribution in [0.15, 0.2) is 255 Å². The van der Waals surface area contributed by atoms with Crippen molar-refractivity contribution >= 4 is 21.8 Å². The van der Waals surface area contributed by atoms with Gasteiger partial charge >= 0.3 is 0 Å². The molecule has 0 atom stereocenters. The number of benzene rings is 10. The Labute approximate surface area is 389 Å². The van der Waals surface area contributed by atoms with Gasteiger partial charge in [0.05, 0.1) is 11.0 Å². The minimum atomic E-state index is 0.605. The molecule has 4 heteroatoms. The van der Waals surface area contributed by atoms with Crippen LogP contribution >= 0.6 is 0 Å². The first-order valence-corrected chi connectivity index (χ1v) is 22.7. The molecule has 0 aliphatic heterocycles. The summed E-state index contributed by atoms with van der Waals surface area (Å²) in [5, 5.41) is 2.48. The minimum Gasteiger partial charge on any atom is -0.309 e. The molecule has 4 nitrogen and oxygen atoms in total. The molecule has 67 heavy (non-hydrogen) atoms. The van der Waals surface area contributed by atoms with Crippen molar-refractivity contribution in [1.29, 1.82) is 0 Å². The number of aromatic nitrogens is 4. The van der Waals surface area contributed by atoms with Crippen LogP contribution in [0.4, 0.5) is 0 Å². The molecule has 0 unspecified atom stereocenters. The molecule has 12 aromatic rings. The van der Waals surface area contributed by atoms with Crippen LogP contribution < -0.4 is 0 Å². The molecule has 0 aliphatic carbocycles. The zero-order chi connectivity index (χ0) is 44.5. The molecule has 0 amide bonds. The number of hydrogen-bond acceptors (Lipinski definition) is 3. The fourth-order valence-corrected chi connectivity index (χ4v) is 9.37. The molecule has 0 aliphatic rings. The van der Waals surface area contributed by atoms with Gasteiger partial charge in [-0.05, 0) is 98.1 Å². The highest BCUT2D eigenvalue weighted by Crippen LogP contribution is 2.37. The molecule has 2 aromatic heterocycles. The van der Waals surface area contributed by atoms with Crippen LogP contribution in [0.25, 0.3) is 117 Å². The van der Waals surface area contributed by atoms with E-state index in [-0.39, 0.29) is 0 Å². The topological polar surface area (TPSA) is 43.6 Å². The van der Waals surface area contributed by atoms with E-state index < -0.39 is 0 Å². The Balaban J connectivity index is 0.967. The van der Waals surface area contributed by atoms with Crippen molar-refractivity contribution in [3.8, 4) is 95.5 Å². The summed E-state index contributed by atoms with van der Waals surface area (Å²) in [7, 11) is 0. The van der Waals surface area contributed by atoms with Crippen molar-refractivity contribution in [2.24, 2.45) is 0 Å². The summed E-state index contributed by atoms with van der Waals surface area (Å²) in [6.07, 6.45) is 0. The van der Waals surface area contributed by atoms with Gasteiger partial charge in [-0.15, -0.1) is 0 Å². The monoisotopic (exact) mass is 854 g/mol. The largest absolute Gasteiger partial charge is 0.309 e. The second kappa shape index (κ2) is 17.2. The lowest BCUT2D eigenvalue weighted by atomic mass is 9.95. The molecular formula is C63H42N4. The lowest BCUT2D eigenvalue weighted by molar-refractivity contribution is 1.07. The molecule has 2 heterocycles. The van der Waals surface area contributed by atoms with Gasteiger partial charge in [0.1, 0.15) is 0 Å². The molecule has 0 spiro atoms. The zero-order valence-electron chi connectivity index (χ0n) is 36.5. The van der Waals surface area contributed by atoms with Gasteiger partial charge in [0.25, 0.3) is 0 Å². The van der Waals surface area contributed by atoms with E-state index in [1.54, 1.807) is 0 Å². The standard InChI is InChI=1S/C63H42N4/c1-3-17-43(18-4-1)47-21-13-22-48(39-47)45-35-37-46(38-36-45)61-64-62(66-63(65-61)58-32-8-7-29-55(58)52-26-14-23-49(40-52)44-19-5-2-6-20-44)53-27-15-24-50(41-53)51-25-16-28-54(42-51)67-59-33-11-9-30-56(59)57-31-10-12-34-60(57)67/h1-42H. The molecule has 0 bridgehead atoms. The predicted octanol–water partition coefficient (Wildman–Crippen LogP) is 16.3. The maximum absolute atomic E-state index is 5.30. The number of nitrogens with zero attached hydrogens (tertiary/aromatic N) is 4. The molecular weight excluding hydrogens is 813 g/mol. The Hall–Kier alpha value is -8.99. The van der Waals surface area contributed by atoms with Gasteiger partial charge in [-0.2, -0.15) is 0 Å². The second-order valence-corrected chi connectivity index (χ2v) is 16.8. The van der Waals surface area contributed by atoms with E-state index in [0.29, 0.717) is 17.5 Å². The van der Waals surface area contributed by atoms with E-state index in [2.05, 4.69) is 259 Å². The van der Waals surface area contributed by atoms with Crippen LogP contribution in [-0.4, -0.2) is 19.5 Å². The molecule has 0 fully saturated rings. The Morgan fingerprint density at radius 2 is 0.597 bits per heavy atom. The molecule has 0 radical (unpaired) electrons. The number of rotatable bonds is 9. The summed E-state index contributed by atoms with van der Waals surface area (Å²) in [6.45, 7) is 0. The van der Waals surface area contributed by atoms with E-state index in [1.807, 2.05) is 0 Å². The van der Waals surface area contributed by atoms with E-state index in [1.165, 1.54) is 38.5 Å². The molecule has 0 N–H and O–H groups in total. The molecule has 12 rings (SSSR count). The van der Waals surface area contributed by atoms with Crippen LogP contribution in [-0.2, 0) is 0 Å². The van der Waals surface area contributed by atoms with Crippen LogP contribution in [0, 0.1) is 0 Å². The maximum atomic E-state index is 5.30. The third kappa shape index (κ3) is 7.67. The average Bonchev–Trinajstić information content (AvgIpc) is 3.76. The third-order valence-corrected chi connectivity index (χ3v) is 12.7. The van der Waals surface area contributed by atoms with Gasteiger partial charge in [-0.25, -0.2) is 15.0 Å². The summed E-state index contributed by atoms with van der Waals surface area (Å²) in [4.78, 5) is 15.8. The minimum absolute atomic E-state index is 0.605. The zero-order valence-corrected chi connectivity index (χ0v) is 36.5. The van der Waals surface area contributed by atoms with Crippen molar-refractivity contribution in [1.82, 2.24) is 19.5 Å². The molecule has 314 valence electrons. The lowest BCUT2D eigenvalue weighted by Crippen LogP contribution is -2.01. The van der Waals surface area contributed by atoms with E-state index in [4.69, 9.17) is 15.0 Å². The van der Waals surface area contributed by atoms with Gasteiger partial charge in [0.2, 0.25) is 0 Å². The summed E-state index contributed by atoms with van der Waals surface area (Å²) in [5.74, 6) is 1.82. The van der Waals surface area contributed by atoms with Crippen molar-refractivity contribution in [3.63, 3.8) is 0 Å². The Bertz CT molecular complexity index is 3690. The molecule has 0 saturated heterocycles. The highest BCUT2D eigenvalue weighted by molar-refractivity contribution is 6.09. The number of para-hydroxylation sites is 2. The van der Waals surface area contributed by atoms with E-state index in [9.17, 15) is 0 Å². The van der Waals surface area contributed by atoms with Gasteiger partial charge < -0.3 is 4.57 Å². The van der Waals surface area contributed by atoms with Crippen LogP contribution in [0.5, 0.6) is 0 Å². The van der Waals surface area contributed by atoms with Crippen molar-refractivity contribution < 1.29 is 0 Å². The van der Waals surface area contributed by atoms with Crippen molar-refractivity contribution in [2.45, 2.75) is 0 Å². The smallest absolute Gasteiger partial charge is 0.164 e. The SMILES string of the molecule is c1ccc(-c2cccc(-c3ccc(-c4nc(-c5cccc(-c6cccc(-n7c8ccccc8c8ccccc87)c6)c5)nc(-c5ccccc5-c5cccc(-c6ccccc6)c5)n4)cc3)c2)cc1. The second-order valence-electron chi connectivity index (χ2n) is 16.8. The molecule has 0 saturated carbocycles. The molecule has 10 aromatic carbocycles. The quantitative estimate of drug-likeness (QED) is 0.145. The van der Waals surface area contributed by atoms with E-state index in [0.717, 1.165) is 61.3 Å². The predicted molar refractivity (Wildman–Crippen MR) is 278 cm³/mol. The van der Waals surface area contributed by atoms with Gasteiger partial charge in [0, 0.05) is 33.2 Å². The lowest BCUT2D eigenvalue weighted by Gasteiger charge is -2.14. The summed E-state index contributed by atoms with van der Waals surface area (Å²) in [6, 6.07) is 90.0. The average molecular weight is 855 g/mol. The first kappa shape index (κ1) is 39.6. The Morgan fingerprint density at radius 1 is 0.224 bits per heavy atom.